The lowest BCUT2D eigenvalue weighted by atomic mass is 10.1. The number of carbonyl (C=O) groups is 2. The maximum Gasteiger partial charge on any atom is 0.427 e. The molecule has 2 aromatic rings. The number of hydrogen-bond donors (Lipinski definition) is 1. The van der Waals surface area contributed by atoms with Gasteiger partial charge in [0.25, 0.3) is 0 Å². The molecule has 1 aliphatic rings. The zero-order valence-electron chi connectivity index (χ0n) is 11.7. The highest BCUT2D eigenvalue weighted by Gasteiger charge is 2.31. The van der Waals surface area contributed by atoms with Crippen molar-refractivity contribution in [1.29, 1.82) is 0 Å². The topological polar surface area (TPSA) is 58.6 Å². The average molecular weight is 317 g/mol. The van der Waals surface area contributed by atoms with Crippen molar-refractivity contribution < 1.29 is 14.3 Å². The van der Waals surface area contributed by atoms with E-state index in [0.717, 1.165) is 27.3 Å². The van der Waals surface area contributed by atoms with Gasteiger partial charge >= 0.3 is 11.5 Å². The summed E-state index contributed by atoms with van der Waals surface area (Å²) in [4.78, 5) is 22.9. The Morgan fingerprint density at radius 3 is 2.05 bits per heavy atom. The number of nitrogens with zero attached hydrogens (tertiary/aromatic N) is 1. The van der Waals surface area contributed by atoms with Crippen molar-refractivity contribution in [3.63, 3.8) is 0 Å². The van der Waals surface area contributed by atoms with Crippen molar-refractivity contribution in [1.82, 2.24) is 10.4 Å². The fraction of sp³-hybridized carbons (Fsp3) is 0.125. The molecule has 0 atom stereocenters. The second kappa shape index (κ2) is 5.69. The summed E-state index contributed by atoms with van der Waals surface area (Å²) < 4.78 is 5.48. The Labute approximate surface area is 132 Å². The first-order valence-electron chi connectivity index (χ1n) is 6.66. The van der Waals surface area contributed by atoms with Crippen LogP contribution < -0.4 is 5.43 Å². The molecular formula is C16H13ClN2O3. The SMILES string of the molecule is CN(NC(=O)OC1c2ccccc2-c2ccccc21)C(=O)Cl. The molecular weight excluding hydrogens is 304 g/mol. The molecule has 0 radical (unpaired) electrons. The molecule has 1 aliphatic carbocycles. The molecule has 0 saturated carbocycles. The number of amides is 2. The number of fused-ring (bicyclic) bond motifs is 3. The summed E-state index contributed by atoms with van der Waals surface area (Å²) in [6.07, 6.45) is -1.25. The summed E-state index contributed by atoms with van der Waals surface area (Å²) in [5, 5.41) is 0.0561. The molecule has 6 heteroatoms. The van der Waals surface area contributed by atoms with Crippen LogP contribution in [0.3, 0.4) is 0 Å². The Balaban J connectivity index is 1.88. The third kappa shape index (κ3) is 2.51. The van der Waals surface area contributed by atoms with Gasteiger partial charge in [0.1, 0.15) is 0 Å². The van der Waals surface area contributed by atoms with E-state index in [0.29, 0.717) is 0 Å². The average Bonchev–Trinajstić information content (AvgIpc) is 2.82. The molecule has 0 spiro atoms. The summed E-state index contributed by atoms with van der Waals surface area (Å²) in [6.45, 7) is 0. The van der Waals surface area contributed by atoms with E-state index >= 15 is 0 Å². The van der Waals surface area contributed by atoms with Crippen molar-refractivity contribution in [2.45, 2.75) is 6.10 Å². The van der Waals surface area contributed by atoms with E-state index in [1.165, 1.54) is 7.05 Å². The maximum absolute atomic E-state index is 11.9. The number of nitrogens with one attached hydrogen (secondary N) is 1. The fourth-order valence-electron chi connectivity index (χ4n) is 2.55. The number of benzene rings is 2. The molecule has 2 aromatic carbocycles. The van der Waals surface area contributed by atoms with Gasteiger partial charge in [0.15, 0.2) is 6.10 Å². The Morgan fingerprint density at radius 1 is 1.05 bits per heavy atom. The molecule has 0 heterocycles. The maximum atomic E-state index is 11.9. The lowest BCUT2D eigenvalue weighted by Crippen LogP contribution is -2.41. The number of rotatable bonds is 1. The second-order valence-electron chi connectivity index (χ2n) is 4.88. The molecule has 3 rings (SSSR count). The van der Waals surface area contributed by atoms with Gasteiger partial charge in [-0.3, -0.25) is 4.79 Å². The van der Waals surface area contributed by atoms with E-state index in [1.54, 1.807) is 0 Å². The molecule has 22 heavy (non-hydrogen) atoms. The van der Waals surface area contributed by atoms with Crippen LogP contribution in [0.15, 0.2) is 48.5 Å². The van der Waals surface area contributed by atoms with Crippen LogP contribution in [-0.2, 0) is 4.74 Å². The van der Waals surface area contributed by atoms with E-state index in [1.807, 2.05) is 48.5 Å². The van der Waals surface area contributed by atoms with E-state index in [-0.39, 0.29) is 0 Å². The van der Waals surface area contributed by atoms with Gasteiger partial charge in [-0.25, -0.2) is 15.2 Å². The van der Waals surface area contributed by atoms with Crippen LogP contribution in [-0.4, -0.2) is 23.5 Å². The highest BCUT2D eigenvalue weighted by Crippen LogP contribution is 2.44. The van der Waals surface area contributed by atoms with Gasteiger partial charge in [-0.05, 0) is 22.7 Å². The molecule has 2 amide bonds. The monoisotopic (exact) mass is 316 g/mol. The number of carbonyl (C=O) groups excluding carboxylic acids is 2. The van der Waals surface area contributed by atoms with E-state index < -0.39 is 17.6 Å². The van der Waals surface area contributed by atoms with Gasteiger partial charge in [0.05, 0.1) is 0 Å². The first-order valence-corrected chi connectivity index (χ1v) is 7.04. The minimum atomic E-state index is -0.802. The fourth-order valence-corrected chi connectivity index (χ4v) is 2.59. The molecule has 112 valence electrons. The van der Waals surface area contributed by atoms with E-state index in [4.69, 9.17) is 16.3 Å². The Morgan fingerprint density at radius 2 is 1.55 bits per heavy atom. The molecule has 5 nitrogen and oxygen atoms in total. The summed E-state index contributed by atoms with van der Waals surface area (Å²) in [5.74, 6) is 0. The largest absolute Gasteiger partial charge is 0.435 e. The highest BCUT2D eigenvalue weighted by molar-refractivity contribution is 6.62. The standard InChI is InChI=1S/C16H13ClN2O3/c1-19(15(17)20)18-16(21)22-14-12-8-4-2-6-10(12)11-7-3-5-9-13(11)14/h2-9,14H,1H3,(H,18,21). The first-order chi connectivity index (χ1) is 10.6. The molecule has 0 aromatic heterocycles. The van der Waals surface area contributed by atoms with Crippen molar-refractivity contribution in [2.75, 3.05) is 7.05 Å². The zero-order chi connectivity index (χ0) is 15.7. The lowest BCUT2D eigenvalue weighted by Gasteiger charge is -2.19. The highest BCUT2D eigenvalue weighted by atomic mass is 35.5. The van der Waals surface area contributed by atoms with Crippen LogP contribution in [0.5, 0.6) is 0 Å². The van der Waals surface area contributed by atoms with Crippen LogP contribution in [0.2, 0.25) is 0 Å². The summed E-state index contributed by atoms with van der Waals surface area (Å²) >= 11 is 5.27. The summed E-state index contributed by atoms with van der Waals surface area (Å²) in [5.41, 5.74) is 6.17. The first kappa shape index (κ1) is 14.4. The van der Waals surface area contributed by atoms with Crippen molar-refractivity contribution in [2.24, 2.45) is 0 Å². The number of ether oxygens (including phenoxy) is 1. The van der Waals surface area contributed by atoms with E-state index in [2.05, 4.69) is 5.43 Å². The summed E-state index contributed by atoms with van der Waals surface area (Å²) in [6, 6.07) is 15.5. The molecule has 1 N–H and O–H groups in total. The van der Waals surface area contributed by atoms with Gasteiger partial charge < -0.3 is 4.74 Å². The molecule has 0 unspecified atom stereocenters. The Bertz CT molecular complexity index is 702. The summed E-state index contributed by atoms with van der Waals surface area (Å²) in [7, 11) is 1.34. The predicted molar refractivity (Wildman–Crippen MR) is 82.3 cm³/mol. The van der Waals surface area contributed by atoms with Gasteiger partial charge in [-0.1, -0.05) is 48.5 Å². The third-order valence-electron chi connectivity index (χ3n) is 3.52. The van der Waals surface area contributed by atoms with Crippen LogP contribution in [0.4, 0.5) is 9.59 Å². The van der Waals surface area contributed by atoms with Gasteiger partial charge in [-0.15, -0.1) is 0 Å². The van der Waals surface area contributed by atoms with Crippen molar-refractivity contribution >= 4 is 23.1 Å². The van der Waals surface area contributed by atoms with Gasteiger partial charge in [0.2, 0.25) is 0 Å². The predicted octanol–water partition coefficient (Wildman–Crippen LogP) is 3.69. The van der Waals surface area contributed by atoms with E-state index in [9.17, 15) is 9.59 Å². The number of hydrazine groups is 1. The Hall–Kier alpha value is -2.53. The number of hydrogen-bond acceptors (Lipinski definition) is 3. The van der Waals surface area contributed by atoms with Crippen LogP contribution >= 0.6 is 11.6 Å². The molecule has 0 bridgehead atoms. The van der Waals surface area contributed by atoms with Crippen molar-refractivity contribution in [3.05, 3.63) is 59.7 Å². The molecule has 0 aliphatic heterocycles. The minimum Gasteiger partial charge on any atom is -0.435 e. The number of halogens is 1. The molecule has 0 saturated heterocycles. The van der Waals surface area contributed by atoms with Crippen LogP contribution in [0.25, 0.3) is 11.1 Å². The second-order valence-corrected chi connectivity index (χ2v) is 5.21. The third-order valence-corrected chi connectivity index (χ3v) is 3.78. The van der Waals surface area contributed by atoms with Crippen molar-refractivity contribution in [3.8, 4) is 11.1 Å². The minimum absolute atomic E-state index is 0.508. The zero-order valence-corrected chi connectivity index (χ0v) is 12.5. The molecule has 0 fully saturated rings. The quantitative estimate of drug-likeness (QED) is 0.496. The van der Waals surface area contributed by atoms with Crippen LogP contribution in [0, 0.1) is 0 Å². The lowest BCUT2D eigenvalue weighted by molar-refractivity contribution is 0.0997. The van der Waals surface area contributed by atoms with Crippen LogP contribution in [0.1, 0.15) is 17.2 Å². The Kier molecular flexibility index (Phi) is 3.73. The van der Waals surface area contributed by atoms with Gasteiger partial charge in [0, 0.05) is 18.2 Å². The van der Waals surface area contributed by atoms with Gasteiger partial charge in [-0.2, -0.15) is 0 Å². The normalized spacial score (nSPS) is 12.3. The smallest absolute Gasteiger partial charge is 0.427 e.